The van der Waals surface area contributed by atoms with E-state index in [0.29, 0.717) is 54.1 Å². The van der Waals surface area contributed by atoms with Gasteiger partial charge in [-0.2, -0.15) is 5.26 Å². The smallest absolute Gasteiger partial charge is 0.311 e. The molecule has 3 amide bonds. The van der Waals surface area contributed by atoms with Crippen LogP contribution in [-0.2, 0) is 16.1 Å². The van der Waals surface area contributed by atoms with Crippen molar-refractivity contribution in [3.63, 3.8) is 0 Å². The number of ether oxygens (including phenoxy) is 2. The van der Waals surface area contributed by atoms with Crippen LogP contribution in [0.4, 0.5) is 0 Å². The highest BCUT2D eigenvalue weighted by Crippen LogP contribution is 2.30. The summed E-state index contributed by atoms with van der Waals surface area (Å²) in [6.45, 7) is 2.53. The third-order valence-corrected chi connectivity index (χ3v) is 6.31. The van der Waals surface area contributed by atoms with Crippen molar-refractivity contribution in [1.29, 1.82) is 5.26 Å². The van der Waals surface area contributed by atoms with Gasteiger partial charge in [0.15, 0.2) is 11.5 Å². The van der Waals surface area contributed by atoms with Crippen LogP contribution in [0.25, 0.3) is 6.08 Å². The van der Waals surface area contributed by atoms with Crippen molar-refractivity contribution in [2.75, 3.05) is 13.2 Å². The first-order valence-electron chi connectivity index (χ1n) is 13.3. The molecule has 10 nitrogen and oxygen atoms in total. The van der Waals surface area contributed by atoms with Crippen molar-refractivity contribution >= 4 is 29.8 Å². The van der Waals surface area contributed by atoms with Gasteiger partial charge in [-0.1, -0.05) is 24.6 Å². The van der Waals surface area contributed by atoms with Crippen molar-refractivity contribution < 1.29 is 33.1 Å². The first kappa shape index (κ1) is 28.8. The van der Waals surface area contributed by atoms with Gasteiger partial charge in [-0.3, -0.25) is 24.1 Å². The Balaban J connectivity index is 1.27. The molecule has 0 bridgehead atoms. The first-order chi connectivity index (χ1) is 19.9. The third-order valence-electron chi connectivity index (χ3n) is 6.31. The van der Waals surface area contributed by atoms with Gasteiger partial charge in [-0.15, -0.1) is 0 Å². The van der Waals surface area contributed by atoms with E-state index in [-0.39, 0.29) is 42.6 Å². The van der Waals surface area contributed by atoms with E-state index < -0.39 is 11.9 Å². The lowest BCUT2D eigenvalue weighted by atomic mass is 10.1. The fourth-order valence-corrected chi connectivity index (χ4v) is 4.29. The Hall–Kier alpha value is -5.17. The van der Waals surface area contributed by atoms with Crippen LogP contribution >= 0.6 is 0 Å². The predicted molar refractivity (Wildman–Crippen MR) is 148 cm³/mol. The minimum absolute atomic E-state index is 0.107. The molecule has 0 saturated heterocycles. The molecule has 3 aromatic rings. The summed E-state index contributed by atoms with van der Waals surface area (Å²) in [5.41, 5.74) is 1.26. The lowest BCUT2D eigenvalue weighted by Gasteiger charge is -2.13. The molecule has 0 unspecified atom stereocenters. The summed E-state index contributed by atoms with van der Waals surface area (Å²) in [4.78, 5) is 51.1. The zero-order chi connectivity index (χ0) is 29.2. The van der Waals surface area contributed by atoms with Gasteiger partial charge in [0.05, 0.1) is 30.5 Å². The van der Waals surface area contributed by atoms with Crippen molar-refractivity contribution in [2.24, 2.45) is 0 Å². The van der Waals surface area contributed by atoms with E-state index in [1.807, 2.05) is 6.07 Å². The number of nitrogens with zero attached hydrogens (tertiary/aromatic N) is 2. The molecule has 1 N–H and O–H groups in total. The van der Waals surface area contributed by atoms with Crippen molar-refractivity contribution in [1.82, 2.24) is 10.2 Å². The second kappa shape index (κ2) is 13.8. The summed E-state index contributed by atoms with van der Waals surface area (Å²) in [5, 5.41) is 12.1. The highest BCUT2D eigenvalue weighted by Gasteiger charge is 2.34. The molecule has 0 spiro atoms. The number of hydrogen-bond acceptors (Lipinski definition) is 8. The number of nitriles is 1. The lowest BCUT2D eigenvalue weighted by Crippen LogP contribution is -2.30. The van der Waals surface area contributed by atoms with Gasteiger partial charge in [-0.25, -0.2) is 0 Å². The van der Waals surface area contributed by atoms with Crippen LogP contribution < -0.4 is 14.8 Å². The summed E-state index contributed by atoms with van der Waals surface area (Å²) < 4.78 is 16.3. The maximum absolute atomic E-state index is 12.5. The normalized spacial score (nSPS) is 12.6. The fraction of sp³-hybridized carbons (Fsp3) is 0.258. The lowest BCUT2D eigenvalue weighted by molar-refractivity contribution is -0.134. The minimum atomic E-state index is -0.555. The maximum atomic E-state index is 12.5. The Labute approximate surface area is 237 Å². The first-order valence-corrected chi connectivity index (χ1v) is 13.3. The van der Waals surface area contributed by atoms with Gasteiger partial charge in [0, 0.05) is 13.0 Å². The van der Waals surface area contributed by atoms with Crippen LogP contribution in [0.15, 0.2) is 70.9 Å². The van der Waals surface area contributed by atoms with E-state index in [9.17, 15) is 24.4 Å². The molecule has 1 aromatic heterocycles. The molecule has 4 rings (SSSR count). The molecule has 0 aliphatic carbocycles. The number of furan rings is 1. The molecular weight excluding hydrogens is 526 g/mol. The number of amides is 3. The Morgan fingerprint density at radius 1 is 1.00 bits per heavy atom. The SMILES string of the molecule is CCOc1cc(/C=C(\C#N)C(=O)NCc2ccco2)ccc1OC(=O)CCCCCN1C(=O)c2ccccc2C1=O. The second-order valence-electron chi connectivity index (χ2n) is 9.16. The number of carbonyl (C=O) groups excluding carboxylic acids is 4. The van der Waals surface area contributed by atoms with Gasteiger partial charge >= 0.3 is 5.97 Å². The summed E-state index contributed by atoms with van der Waals surface area (Å²) in [7, 11) is 0. The number of hydrogen-bond donors (Lipinski definition) is 1. The van der Waals surface area contributed by atoms with Crippen LogP contribution in [-0.4, -0.2) is 41.7 Å². The molecule has 2 aromatic carbocycles. The van der Waals surface area contributed by atoms with Crippen LogP contribution in [0, 0.1) is 11.3 Å². The summed E-state index contributed by atoms with van der Waals surface area (Å²) in [6, 6.07) is 16.8. The van der Waals surface area contributed by atoms with E-state index in [2.05, 4.69) is 5.32 Å². The van der Waals surface area contributed by atoms with E-state index in [1.54, 1.807) is 61.5 Å². The molecule has 1 aliphatic rings. The van der Waals surface area contributed by atoms with Crippen molar-refractivity contribution in [3.05, 3.63) is 88.9 Å². The Kier molecular flexibility index (Phi) is 9.67. The number of nitrogens with one attached hydrogen (secondary N) is 1. The van der Waals surface area contributed by atoms with E-state index in [0.717, 1.165) is 0 Å². The van der Waals surface area contributed by atoms with Gasteiger partial charge in [0.2, 0.25) is 0 Å². The van der Waals surface area contributed by atoms with Gasteiger partial charge in [0.25, 0.3) is 17.7 Å². The fourth-order valence-electron chi connectivity index (χ4n) is 4.29. The number of benzene rings is 2. The largest absolute Gasteiger partial charge is 0.490 e. The highest BCUT2D eigenvalue weighted by atomic mass is 16.6. The van der Waals surface area contributed by atoms with Gasteiger partial charge in [0.1, 0.15) is 17.4 Å². The van der Waals surface area contributed by atoms with Crippen molar-refractivity contribution in [2.45, 2.75) is 39.2 Å². The molecule has 0 fully saturated rings. The van der Waals surface area contributed by atoms with E-state index in [4.69, 9.17) is 13.9 Å². The quantitative estimate of drug-likeness (QED) is 0.0802. The third kappa shape index (κ3) is 7.28. The zero-order valence-electron chi connectivity index (χ0n) is 22.6. The molecule has 1 aliphatic heterocycles. The molecule has 0 radical (unpaired) electrons. The van der Waals surface area contributed by atoms with Gasteiger partial charge in [-0.05, 0) is 67.8 Å². The van der Waals surface area contributed by atoms with Gasteiger partial charge < -0.3 is 19.2 Å². The Bertz CT molecular complexity index is 1470. The zero-order valence-corrected chi connectivity index (χ0v) is 22.6. The number of fused-ring (bicyclic) bond motifs is 1. The average Bonchev–Trinajstić information content (AvgIpc) is 3.58. The molecule has 2 heterocycles. The monoisotopic (exact) mass is 555 g/mol. The van der Waals surface area contributed by atoms with Crippen LogP contribution in [0.5, 0.6) is 11.5 Å². The highest BCUT2D eigenvalue weighted by molar-refractivity contribution is 6.21. The van der Waals surface area contributed by atoms with Crippen LogP contribution in [0.3, 0.4) is 0 Å². The molecular formula is C31H29N3O7. The molecule has 0 atom stereocenters. The standard InChI is InChI=1S/C31H29N3O7/c1-2-39-27-18-21(17-22(19-32)29(36)33-20-23-9-8-16-40-23)13-14-26(27)41-28(35)12-4-3-7-15-34-30(37)24-10-5-6-11-25(24)31(34)38/h5-6,8-11,13-14,16-18H,2-4,7,12,15,20H2,1H3,(H,33,36)/b22-17+. The number of carbonyl (C=O) groups is 4. The van der Waals surface area contributed by atoms with Crippen LogP contribution in [0.1, 0.15) is 64.6 Å². The molecule has 0 saturated carbocycles. The molecule has 41 heavy (non-hydrogen) atoms. The average molecular weight is 556 g/mol. The second-order valence-corrected chi connectivity index (χ2v) is 9.16. The summed E-state index contributed by atoms with van der Waals surface area (Å²) in [5.74, 6) is -0.505. The molecule has 210 valence electrons. The predicted octanol–water partition coefficient (Wildman–Crippen LogP) is 4.66. The number of esters is 1. The topological polar surface area (TPSA) is 139 Å². The maximum Gasteiger partial charge on any atom is 0.311 e. The van der Waals surface area contributed by atoms with E-state index >= 15 is 0 Å². The number of imide groups is 1. The number of unbranched alkanes of at least 4 members (excludes halogenated alkanes) is 2. The summed E-state index contributed by atoms with van der Waals surface area (Å²) >= 11 is 0. The Morgan fingerprint density at radius 2 is 1.76 bits per heavy atom. The summed E-state index contributed by atoms with van der Waals surface area (Å²) in [6.07, 6.45) is 4.77. The van der Waals surface area contributed by atoms with Crippen molar-refractivity contribution in [3.8, 4) is 17.6 Å². The van der Waals surface area contributed by atoms with Crippen LogP contribution in [0.2, 0.25) is 0 Å². The number of rotatable bonds is 13. The minimum Gasteiger partial charge on any atom is -0.490 e. The van der Waals surface area contributed by atoms with E-state index in [1.165, 1.54) is 17.2 Å². The Morgan fingerprint density at radius 3 is 2.41 bits per heavy atom. The molecule has 10 heteroatoms.